The van der Waals surface area contributed by atoms with Gasteiger partial charge < -0.3 is 9.64 Å². The number of ether oxygens (including phenoxy) is 1. The standard InChI is InChI=1S/C25H29Cl3N2O4S/c26-19-5-7-22(8-6-19)34-18-25(16-24(31)29-10-2-1-3-11-29)9-4-12-30(17-25)35(32,33)23-14-20(27)13-21(28)15-23/h5-8,13-15H,1-4,9-12,16-18H2/t25-/m1/s1. The van der Waals surface area contributed by atoms with Gasteiger partial charge in [-0.05, 0) is 74.6 Å². The van der Waals surface area contributed by atoms with Crippen LogP contribution in [0, 0.1) is 5.41 Å². The summed E-state index contributed by atoms with van der Waals surface area (Å²) in [5, 5.41) is 1.11. The van der Waals surface area contributed by atoms with Crippen molar-refractivity contribution < 1.29 is 17.9 Å². The van der Waals surface area contributed by atoms with E-state index in [4.69, 9.17) is 39.5 Å². The van der Waals surface area contributed by atoms with Gasteiger partial charge in [-0.15, -0.1) is 0 Å². The van der Waals surface area contributed by atoms with Crippen LogP contribution in [-0.2, 0) is 14.8 Å². The van der Waals surface area contributed by atoms with E-state index in [0.717, 1.165) is 32.4 Å². The summed E-state index contributed by atoms with van der Waals surface area (Å²) in [5.74, 6) is 0.676. The van der Waals surface area contributed by atoms with Crippen LogP contribution in [-0.4, -0.2) is 56.3 Å². The summed E-state index contributed by atoms with van der Waals surface area (Å²) in [6, 6.07) is 11.3. The van der Waals surface area contributed by atoms with E-state index in [-0.39, 0.29) is 40.4 Å². The first-order valence-corrected chi connectivity index (χ1v) is 14.4. The van der Waals surface area contributed by atoms with E-state index in [1.807, 2.05) is 4.90 Å². The summed E-state index contributed by atoms with van der Waals surface area (Å²) in [7, 11) is -3.86. The van der Waals surface area contributed by atoms with Gasteiger partial charge in [0.2, 0.25) is 15.9 Å². The van der Waals surface area contributed by atoms with Crippen LogP contribution in [0.4, 0.5) is 0 Å². The topological polar surface area (TPSA) is 66.9 Å². The van der Waals surface area contributed by atoms with Crippen LogP contribution in [0.2, 0.25) is 15.1 Å². The Labute approximate surface area is 222 Å². The molecule has 2 aliphatic rings. The van der Waals surface area contributed by atoms with Gasteiger partial charge >= 0.3 is 0 Å². The van der Waals surface area contributed by atoms with Crippen molar-refractivity contribution in [2.75, 3.05) is 32.8 Å². The molecule has 2 saturated heterocycles. The van der Waals surface area contributed by atoms with E-state index < -0.39 is 15.4 Å². The number of hydrogen-bond donors (Lipinski definition) is 0. The highest BCUT2D eigenvalue weighted by atomic mass is 35.5. The predicted octanol–water partition coefficient (Wildman–Crippen LogP) is 5.90. The molecule has 0 bridgehead atoms. The highest BCUT2D eigenvalue weighted by Gasteiger charge is 2.43. The molecule has 6 nitrogen and oxygen atoms in total. The average Bonchev–Trinajstić information content (AvgIpc) is 2.84. The first-order chi connectivity index (χ1) is 16.7. The van der Waals surface area contributed by atoms with Crippen LogP contribution in [0.5, 0.6) is 5.75 Å². The largest absolute Gasteiger partial charge is 0.493 e. The lowest BCUT2D eigenvalue weighted by Gasteiger charge is -2.42. The van der Waals surface area contributed by atoms with Crippen molar-refractivity contribution in [2.45, 2.75) is 43.4 Å². The van der Waals surface area contributed by atoms with Crippen molar-refractivity contribution in [3.63, 3.8) is 0 Å². The number of amides is 1. The van der Waals surface area contributed by atoms with Gasteiger partial charge in [-0.3, -0.25) is 4.79 Å². The van der Waals surface area contributed by atoms with E-state index in [2.05, 4.69) is 0 Å². The maximum atomic E-state index is 13.5. The van der Waals surface area contributed by atoms with Gasteiger partial charge in [0, 0.05) is 53.1 Å². The number of carbonyl (C=O) groups is 1. The number of nitrogens with zero attached hydrogens (tertiary/aromatic N) is 2. The summed E-state index contributed by atoms with van der Waals surface area (Å²) in [6.07, 6.45) is 4.64. The summed E-state index contributed by atoms with van der Waals surface area (Å²) < 4.78 is 34.6. The summed E-state index contributed by atoms with van der Waals surface area (Å²) in [6.45, 7) is 2.24. The second kappa shape index (κ2) is 11.3. The monoisotopic (exact) mass is 558 g/mol. The van der Waals surface area contributed by atoms with Gasteiger partial charge in [-0.25, -0.2) is 8.42 Å². The fourth-order valence-electron chi connectivity index (χ4n) is 4.85. The number of carbonyl (C=O) groups excluding carboxylic acids is 1. The SMILES string of the molecule is O=C(C[C@]1(COc2ccc(Cl)cc2)CCCN(S(=O)(=O)c2cc(Cl)cc(Cl)c2)C1)N1CCCCC1. The average molecular weight is 560 g/mol. The van der Waals surface area contributed by atoms with Gasteiger partial charge in [0.15, 0.2) is 0 Å². The zero-order valence-electron chi connectivity index (χ0n) is 19.4. The Balaban J connectivity index is 1.59. The molecule has 10 heteroatoms. The van der Waals surface area contributed by atoms with Crippen molar-refractivity contribution in [1.82, 2.24) is 9.21 Å². The Hall–Kier alpha value is -1.51. The number of piperidine rings is 2. The van der Waals surface area contributed by atoms with Crippen molar-refractivity contribution >= 4 is 50.7 Å². The third-order valence-corrected chi connectivity index (χ3v) is 9.21. The summed E-state index contributed by atoms with van der Waals surface area (Å²) in [4.78, 5) is 15.2. The smallest absolute Gasteiger partial charge is 0.243 e. The third kappa shape index (κ3) is 6.63. The van der Waals surface area contributed by atoms with Crippen molar-refractivity contribution in [1.29, 1.82) is 0 Å². The zero-order valence-corrected chi connectivity index (χ0v) is 22.5. The van der Waals surface area contributed by atoms with E-state index >= 15 is 0 Å². The quantitative estimate of drug-likeness (QED) is 0.424. The molecule has 0 saturated carbocycles. The van der Waals surface area contributed by atoms with Crippen LogP contribution in [0.25, 0.3) is 0 Å². The van der Waals surface area contributed by atoms with Gasteiger partial charge in [0.1, 0.15) is 5.75 Å². The number of halogens is 3. The molecule has 0 aliphatic carbocycles. The first-order valence-electron chi connectivity index (χ1n) is 11.8. The summed E-state index contributed by atoms with van der Waals surface area (Å²) >= 11 is 18.2. The molecule has 0 N–H and O–H groups in total. The minimum Gasteiger partial charge on any atom is -0.493 e. The molecule has 1 atom stereocenters. The Morgan fingerprint density at radius 1 is 0.886 bits per heavy atom. The highest BCUT2D eigenvalue weighted by molar-refractivity contribution is 7.89. The lowest BCUT2D eigenvalue weighted by molar-refractivity contribution is -0.136. The molecule has 0 spiro atoms. The van der Waals surface area contributed by atoms with Crippen molar-refractivity contribution in [2.24, 2.45) is 5.41 Å². The predicted molar refractivity (Wildman–Crippen MR) is 139 cm³/mol. The molecule has 2 aromatic carbocycles. The highest BCUT2D eigenvalue weighted by Crippen LogP contribution is 2.38. The molecular formula is C25H29Cl3N2O4S. The van der Waals surface area contributed by atoms with Crippen LogP contribution >= 0.6 is 34.8 Å². The van der Waals surface area contributed by atoms with Crippen molar-refractivity contribution in [3.05, 3.63) is 57.5 Å². The fourth-order valence-corrected chi connectivity index (χ4v) is 7.30. The lowest BCUT2D eigenvalue weighted by Crippen LogP contribution is -2.51. The zero-order chi connectivity index (χ0) is 25.1. The van der Waals surface area contributed by atoms with Crippen LogP contribution in [0.1, 0.15) is 38.5 Å². The third-order valence-electron chi connectivity index (χ3n) is 6.69. The molecule has 2 fully saturated rings. The molecule has 0 unspecified atom stereocenters. The molecule has 0 radical (unpaired) electrons. The van der Waals surface area contributed by atoms with E-state index in [9.17, 15) is 13.2 Å². The van der Waals surface area contributed by atoms with Gasteiger partial charge in [-0.1, -0.05) is 34.8 Å². The Morgan fingerprint density at radius 2 is 1.54 bits per heavy atom. The molecule has 0 aromatic heterocycles. The molecule has 35 heavy (non-hydrogen) atoms. The number of sulfonamides is 1. The molecule has 2 aliphatic heterocycles. The maximum Gasteiger partial charge on any atom is 0.243 e. The molecular weight excluding hydrogens is 531 g/mol. The molecule has 4 rings (SSSR count). The van der Waals surface area contributed by atoms with Crippen LogP contribution in [0.3, 0.4) is 0 Å². The Kier molecular flexibility index (Phi) is 8.54. The van der Waals surface area contributed by atoms with Gasteiger partial charge in [0.05, 0.1) is 11.5 Å². The van der Waals surface area contributed by atoms with E-state index in [1.165, 1.54) is 22.5 Å². The van der Waals surface area contributed by atoms with E-state index in [1.54, 1.807) is 24.3 Å². The molecule has 190 valence electrons. The van der Waals surface area contributed by atoms with E-state index in [0.29, 0.717) is 30.2 Å². The maximum absolute atomic E-state index is 13.5. The minimum absolute atomic E-state index is 0.0479. The summed E-state index contributed by atoms with van der Waals surface area (Å²) in [5.41, 5.74) is -0.665. The van der Waals surface area contributed by atoms with Crippen LogP contribution < -0.4 is 4.74 Å². The second-order valence-electron chi connectivity index (χ2n) is 9.41. The number of likely N-dealkylation sites (tertiary alicyclic amines) is 1. The molecule has 2 aromatic rings. The Morgan fingerprint density at radius 3 is 2.20 bits per heavy atom. The first kappa shape index (κ1) is 26.6. The van der Waals surface area contributed by atoms with Gasteiger partial charge in [0.25, 0.3) is 0 Å². The second-order valence-corrected chi connectivity index (χ2v) is 12.7. The Bertz CT molecular complexity index is 1130. The fraction of sp³-hybridized carbons (Fsp3) is 0.480. The molecule has 1 amide bonds. The van der Waals surface area contributed by atoms with Gasteiger partial charge in [-0.2, -0.15) is 4.31 Å². The minimum atomic E-state index is -3.86. The van der Waals surface area contributed by atoms with Crippen molar-refractivity contribution in [3.8, 4) is 5.75 Å². The normalized spacial score (nSPS) is 21.6. The number of hydrogen-bond acceptors (Lipinski definition) is 4. The number of rotatable bonds is 7. The number of benzene rings is 2. The molecule has 2 heterocycles. The van der Waals surface area contributed by atoms with Crippen LogP contribution in [0.15, 0.2) is 47.4 Å². The lowest BCUT2D eigenvalue weighted by atomic mass is 9.78.